The van der Waals surface area contributed by atoms with Crippen LogP contribution in [0.4, 0.5) is 5.69 Å². The van der Waals surface area contributed by atoms with Crippen molar-refractivity contribution in [2.45, 2.75) is 77.4 Å². The zero-order valence-corrected chi connectivity index (χ0v) is 26.8. The third kappa shape index (κ3) is 9.57. The molecule has 2 amide bonds. The largest absolute Gasteiger partial charge is 0.352 e. The second-order valence-corrected chi connectivity index (χ2v) is 14.0. The monoisotopic (exact) mass is 623 g/mol. The Bertz CT molecular complexity index is 1490. The third-order valence-corrected chi connectivity index (χ3v) is 9.29. The highest BCUT2D eigenvalue weighted by molar-refractivity contribution is 7.92. The quantitative estimate of drug-likeness (QED) is 0.246. The van der Waals surface area contributed by atoms with Gasteiger partial charge in [-0.2, -0.15) is 0 Å². The highest BCUT2D eigenvalue weighted by atomic mass is 35.5. The fourth-order valence-electron chi connectivity index (χ4n) is 5.85. The van der Waals surface area contributed by atoms with E-state index in [0.29, 0.717) is 23.6 Å². The number of amides is 2. The van der Waals surface area contributed by atoms with Gasteiger partial charge in [0.2, 0.25) is 21.8 Å². The van der Waals surface area contributed by atoms with Crippen molar-refractivity contribution in [3.63, 3.8) is 0 Å². The van der Waals surface area contributed by atoms with Crippen LogP contribution >= 0.6 is 11.6 Å². The molecule has 9 heteroatoms. The van der Waals surface area contributed by atoms with Gasteiger partial charge in [-0.1, -0.05) is 73.0 Å². The molecule has 230 valence electrons. The molecule has 0 spiro atoms. The summed E-state index contributed by atoms with van der Waals surface area (Å²) in [5, 5.41) is 3.76. The minimum absolute atomic E-state index is 0.0827. The molecule has 1 saturated carbocycles. The average Bonchev–Trinajstić information content (AvgIpc) is 3.45. The number of nitrogens with one attached hydrogen (secondary N) is 1. The van der Waals surface area contributed by atoms with Gasteiger partial charge in [0.25, 0.3) is 0 Å². The van der Waals surface area contributed by atoms with E-state index in [-0.39, 0.29) is 37.4 Å². The number of hydrogen-bond donors (Lipinski definition) is 1. The van der Waals surface area contributed by atoms with E-state index >= 15 is 0 Å². The second-order valence-electron chi connectivity index (χ2n) is 11.6. The molecule has 4 rings (SSSR count). The lowest BCUT2D eigenvalue weighted by atomic mass is 10.0. The lowest BCUT2D eigenvalue weighted by molar-refractivity contribution is -0.141. The van der Waals surface area contributed by atoms with Crippen LogP contribution in [0, 0.1) is 13.8 Å². The number of hydrogen-bond acceptors (Lipinski definition) is 4. The maximum Gasteiger partial charge on any atom is 0.243 e. The van der Waals surface area contributed by atoms with Crippen molar-refractivity contribution in [2.24, 2.45) is 0 Å². The molecule has 0 saturated heterocycles. The van der Waals surface area contributed by atoms with Gasteiger partial charge in [0.15, 0.2) is 0 Å². The molecule has 43 heavy (non-hydrogen) atoms. The van der Waals surface area contributed by atoms with Gasteiger partial charge in [-0.15, -0.1) is 0 Å². The van der Waals surface area contributed by atoms with E-state index in [1.807, 2.05) is 80.6 Å². The number of nitrogens with zero attached hydrogens (tertiary/aromatic N) is 2. The standard InChI is InChI=1S/C34H42ClN3O4S/c1-25-19-26(2)21-31(20-25)38(43(3,41)42)18-10-17-33(39)37(24-28-13-9-14-29(35)22-28)32(23-27-11-5-4-6-12-27)34(40)36-30-15-7-8-16-30/h4-6,9,11-14,19-22,30,32H,7-8,10,15-18,23-24H2,1-3H3,(H,36,40). The molecule has 1 aliphatic rings. The van der Waals surface area contributed by atoms with E-state index in [1.165, 1.54) is 10.6 Å². The summed E-state index contributed by atoms with van der Waals surface area (Å²) in [4.78, 5) is 29.5. The van der Waals surface area contributed by atoms with Crippen LogP contribution in [0.2, 0.25) is 5.02 Å². The summed E-state index contributed by atoms with van der Waals surface area (Å²) in [5.74, 6) is -0.379. The second kappa shape index (κ2) is 14.9. The fraction of sp³-hybridized carbons (Fsp3) is 0.412. The number of benzene rings is 3. The molecule has 1 N–H and O–H groups in total. The van der Waals surface area contributed by atoms with Crippen molar-refractivity contribution in [1.29, 1.82) is 0 Å². The van der Waals surface area contributed by atoms with Crippen LogP contribution in [0.1, 0.15) is 60.8 Å². The van der Waals surface area contributed by atoms with Gasteiger partial charge < -0.3 is 10.2 Å². The van der Waals surface area contributed by atoms with E-state index in [0.717, 1.165) is 47.9 Å². The third-order valence-electron chi connectivity index (χ3n) is 7.86. The Morgan fingerprint density at radius 3 is 2.21 bits per heavy atom. The van der Waals surface area contributed by atoms with Gasteiger partial charge in [0.05, 0.1) is 11.9 Å². The normalized spacial score (nSPS) is 14.3. The molecule has 3 aromatic rings. The van der Waals surface area contributed by atoms with Gasteiger partial charge in [0, 0.05) is 37.0 Å². The summed E-state index contributed by atoms with van der Waals surface area (Å²) >= 11 is 6.29. The molecule has 0 aliphatic heterocycles. The van der Waals surface area contributed by atoms with Crippen LogP contribution in [-0.2, 0) is 32.6 Å². The average molecular weight is 624 g/mol. The molecule has 1 unspecified atom stereocenters. The van der Waals surface area contributed by atoms with Crippen LogP contribution in [0.5, 0.6) is 0 Å². The number of carbonyl (C=O) groups is 2. The van der Waals surface area contributed by atoms with Gasteiger partial charge in [-0.05, 0) is 79.6 Å². The molecule has 0 radical (unpaired) electrons. The molecule has 1 atom stereocenters. The van der Waals surface area contributed by atoms with Crippen molar-refractivity contribution in [3.8, 4) is 0 Å². The van der Waals surface area contributed by atoms with Crippen LogP contribution in [0.25, 0.3) is 0 Å². The first kappa shape index (κ1) is 32.6. The van der Waals surface area contributed by atoms with E-state index in [9.17, 15) is 18.0 Å². The summed E-state index contributed by atoms with van der Waals surface area (Å²) < 4.78 is 26.9. The van der Waals surface area contributed by atoms with Gasteiger partial charge in [0.1, 0.15) is 6.04 Å². The minimum atomic E-state index is -3.58. The highest BCUT2D eigenvalue weighted by Gasteiger charge is 2.32. The van der Waals surface area contributed by atoms with Crippen molar-refractivity contribution in [3.05, 3.63) is 100 Å². The Morgan fingerprint density at radius 1 is 0.930 bits per heavy atom. The number of sulfonamides is 1. The van der Waals surface area contributed by atoms with Crippen LogP contribution < -0.4 is 9.62 Å². The number of halogens is 1. The van der Waals surface area contributed by atoms with Crippen molar-refractivity contribution in [1.82, 2.24) is 10.2 Å². The Balaban J connectivity index is 1.59. The van der Waals surface area contributed by atoms with Gasteiger partial charge in [-0.3, -0.25) is 13.9 Å². The Labute approximate surface area is 261 Å². The number of aryl methyl sites for hydroxylation is 2. The lowest BCUT2D eigenvalue weighted by Crippen LogP contribution is -2.52. The molecule has 0 aromatic heterocycles. The Morgan fingerprint density at radius 2 is 1.58 bits per heavy atom. The summed E-state index contributed by atoms with van der Waals surface area (Å²) in [6.07, 6.45) is 5.96. The predicted octanol–water partition coefficient (Wildman–Crippen LogP) is 6.20. The van der Waals surface area contributed by atoms with E-state index < -0.39 is 16.1 Å². The van der Waals surface area contributed by atoms with Gasteiger partial charge >= 0.3 is 0 Å². The first-order valence-electron chi connectivity index (χ1n) is 14.9. The maximum atomic E-state index is 14.0. The molecule has 7 nitrogen and oxygen atoms in total. The van der Waals surface area contributed by atoms with Gasteiger partial charge in [-0.25, -0.2) is 8.42 Å². The van der Waals surface area contributed by atoms with Crippen molar-refractivity contribution in [2.75, 3.05) is 17.1 Å². The summed E-state index contributed by atoms with van der Waals surface area (Å²) in [6, 6.07) is 22.1. The minimum Gasteiger partial charge on any atom is -0.352 e. The van der Waals surface area contributed by atoms with E-state index in [1.54, 1.807) is 11.0 Å². The first-order chi connectivity index (χ1) is 20.5. The number of anilines is 1. The van der Waals surface area contributed by atoms with Crippen LogP contribution in [0.3, 0.4) is 0 Å². The van der Waals surface area contributed by atoms with Crippen LogP contribution in [-0.4, -0.2) is 50.0 Å². The molecule has 0 bridgehead atoms. The lowest BCUT2D eigenvalue weighted by Gasteiger charge is -2.33. The zero-order chi connectivity index (χ0) is 31.0. The fourth-order valence-corrected chi connectivity index (χ4v) is 7.01. The van der Waals surface area contributed by atoms with Crippen molar-refractivity contribution < 1.29 is 18.0 Å². The smallest absolute Gasteiger partial charge is 0.243 e. The Hall–Kier alpha value is -3.36. The topological polar surface area (TPSA) is 86.8 Å². The number of rotatable bonds is 13. The summed E-state index contributed by atoms with van der Waals surface area (Å²) in [6.45, 7) is 4.22. The molecular formula is C34H42ClN3O4S. The molecule has 1 fully saturated rings. The highest BCUT2D eigenvalue weighted by Crippen LogP contribution is 2.24. The SMILES string of the molecule is Cc1cc(C)cc(N(CCCC(=O)N(Cc2cccc(Cl)c2)C(Cc2ccccc2)C(=O)NC2CCCC2)S(C)(=O)=O)c1. The summed E-state index contributed by atoms with van der Waals surface area (Å²) in [5.41, 5.74) is 4.28. The van der Waals surface area contributed by atoms with Crippen molar-refractivity contribution >= 4 is 39.1 Å². The Kier molecular flexibility index (Phi) is 11.3. The molecular weight excluding hydrogens is 582 g/mol. The first-order valence-corrected chi connectivity index (χ1v) is 17.2. The van der Waals surface area contributed by atoms with Crippen LogP contribution in [0.15, 0.2) is 72.8 Å². The number of carbonyl (C=O) groups excluding carboxylic acids is 2. The predicted molar refractivity (Wildman–Crippen MR) is 174 cm³/mol. The van der Waals surface area contributed by atoms with E-state index in [2.05, 4.69) is 5.32 Å². The molecule has 1 aliphatic carbocycles. The van der Waals surface area contributed by atoms with E-state index in [4.69, 9.17) is 11.6 Å². The summed E-state index contributed by atoms with van der Waals surface area (Å²) in [7, 11) is -3.58. The molecule has 3 aromatic carbocycles. The maximum absolute atomic E-state index is 14.0. The molecule has 0 heterocycles. The zero-order valence-electron chi connectivity index (χ0n) is 25.3.